The first-order valence-corrected chi connectivity index (χ1v) is 7.81. The van der Waals surface area contributed by atoms with Crippen LogP contribution in [0, 0.1) is 0 Å². The summed E-state index contributed by atoms with van der Waals surface area (Å²) >= 11 is 0. The average Bonchev–Trinajstić information content (AvgIpc) is 2.81. The first-order valence-electron chi connectivity index (χ1n) is 7.81. The van der Waals surface area contributed by atoms with E-state index in [-0.39, 0.29) is 24.1 Å². The standard InChI is InChI=1S/C17H24N2O2.ClH/c1-2-14-4-6-15(7-5-14)16(20)8-9-17(21)19-12-3-10-18-11-13-19;/h4-7,18H,2-3,8-13H2,1H3;1H. The molecule has 0 spiro atoms. The molecule has 2 rings (SSSR count). The third kappa shape index (κ3) is 5.43. The minimum Gasteiger partial charge on any atom is -0.341 e. The fourth-order valence-electron chi connectivity index (χ4n) is 2.54. The van der Waals surface area contributed by atoms with E-state index in [0.717, 1.165) is 39.0 Å². The molecule has 1 saturated heterocycles. The molecule has 1 fully saturated rings. The van der Waals surface area contributed by atoms with Crippen LogP contribution in [-0.4, -0.2) is 42.8 Å². The summed E-state index contributed by atoms with van der Waals surface area (Å²) in [5, 5.41) is 3.27. The Morgan fingerprint density at radius 1 is 1.09 bits per heavy atom. The van der Waals surface area contributed by atoms with Crippen LogP contribution in [0.3, 0.4) is 0 Å². The Kier molecular flexibility index (Phi) is 8.13. The molecule has 0 saturated carbocycles. The Balaban J connectivity index is 0.00000242. The zero-order valence-corrected chi connectivity index (χ0v) is 14.0. The number of nitrogens with zero attached hydrogens (tertiary/aromatic N) is 1. The van der Waals surface area contributed by atoms with Gasteiger partial charge < -0.3 is 10.2 Å². The zero-order valence-electron chi connectivity index (χ0n) is 13.1. The van der Waals surface area contributed by atoms with Crippen LogP contribution in [0.25, 0.3) is 0 Å². The molecule has 1 aliphatic rings. The zero-order chi connectivity index (χ0) is 15.1. The fourth-order valence-corrected chi connectivity index (χ4v) is 2.54. The number of benzene rings is 1. The number of carbonyl (C=O) groups excluding carboxylic acids is 2. The molecular weight excluding hydrogens is 300 g/mol. The molecule has 0 unspecified atom stereocenters. The fraction of sp³-hybridized carbons (Fsp3) is 0.529. The van der Waals surface area contributed by atoms with Crippen molar-refractivity contribution in [1.82, 2.24) is 10.2 Å². The molecule has 0 radical (unpaired) electrons. The largest absolute Gasteiger partial charge is 0.341 e. The van der Waals surface area contributed by atoms with Crippen LogP contribution >= 0.6 is 12.4 Å². The number of Topliss-reactive ketones (excluding diaryl/α,β-unsaturated/α-hetero) is 1. The van der Waals surface area contributed by atoms with Gasteiger partial charge in [-0.1, -0.05) is 31.2 Å². The summed E-state index contributed by atoms with van der Waals surface area (Å²) < 4.78 is 0. The molecule has 1 heterocycles. The molecule has 1 aromatic carbocycles. The monoisotopic (exact) mass is 324 g/mol. The Labute approximate surface area is 138 Å². The molecule has 1 aliphatic heterocycles. The molecule has 0 bridgehead atoms. The molecule has 0 aromatic heterocycles. The van der Waals surface area contributed by atoms with Crippen LogP contribution in [0.5, 0.6) is 0 Å². The first kappa shape index (κ1) is 18.7. The molecule has 22 heavy (non-hydrogen) atoms. The van der Waals surface area contributed by atoms with E-state index in [1.807, 2.05) is 29.2 Å². The Morgan fingerprint density at radius 2 is 1.82 bits per heavy atom. The van der Waals surface area contributed by atoms with Gasteiger partial charge in [0, 0.05) is 38.0 Å². The predicted octanol–water partition coefficient (Wildman–Crippen LogP) is 2.46. The molecule has 0 aliphatic carbocycles. The maximum Gasteiger partial charge on any atom is 0.223 e. The summed E-state index contributed by atoms with van der Waals surface area (Å²) in [6, 6.07) is 7.69. The SMILES string of the molecule is CCc1ccc(C(=O)CCC(=O)N2CCCNCC2)cc1.Cl. The quantitative estimate of drug-likeness (QED) is 0.846. The predicted molar refractivity (Wildman–Crippen MR) is 90.7 cm³/mol. The Bertz CT molecular complexity index is 480. The molecule has 1 amide bonds. The van der Waals surface area contributed by atoms with Crippen LogP contribution in [-0.2, 0) is 11.2 Å². The minimum atomic E-state index is 0. The third-order valence-corrected chi connectivity index (χ3v) is 3.94. The van der Waals surface area contributed by atoms with Gasteiger partial charge in [0.05, 0.1) is 0 Å². The number of nitrogens with one attached hydrogen (secondary N) is 1. The van der Waals surface area contributed by atoms with Gasteiger partial charge in [0.2, 0.25) is 5.91 Å². The van der Waals surface area contributed by atoms with E-state index in [1.165, 1.54) is 5.56 Å². The number of amides is 1. The van der Waals surface area contributed by atoms with Crippen molar-refractivity contribution < 1.29 is 9.59 Å². The van der Waals surface area contributed by atoms with Gasteiger partial charge in [-0.25, -0.2) is 0 Å². The van der Waals surface area contributed by atoms with Crippen molar-refractivity contribution in [2.24, 2.45) is 0 Å². The second-order valence-electron chi connectivity index (χ2n) is 5.46. The lowest BCUT2D eigenvalue weighted by Crippen LogP contribution is -2.34. The lowest BCUT2D eigenvalue weighted by Gasteiger charge is -2.19. The molecule has 1 aromatic rings. The molecular formula is C17H25ClN2O2. The highest BCUT2D eigenvalue weighted by atomic mass is 35.5. The van der Waals surface area contributed by atoms with Gasteiger partial charge >= 0.3 is 0 Å². The highest BCUT2D eigenvalue weighted by Crippen LogP contribution is 2.10. The lowest BCUT2D eigenvalue weighted by molar-refractivity contribution is -0.130. The number of hydrogen-bond acceptors (Lipinski definition) is 3. The smallest absolute Gasteiger partial charge is 0.223 e. The Hall–Kier alpha value is -1.39. The molecule has 5 heteroatoms. The van der Waals surface area contributed by atoms with Crippen molar-refractivity contribution in [3.63, 3.8) is 0 Å². The topological polar surface area (TPSA) is 49.4 Å². The second-order valence-corrected chi connectivity index (χ2v) is 5.46. The van der Waals surface area contributed by atoms with Crippen LogP contribution in [0.15, 0.2) is 24.3 Å². The maximum absolute atomic E-state index is 12.1. The summed E-state index contributed by atoms with van der Waals surface area (Å²) in [5.74, 6) is 0.149. The highest BCUT2D eigenvalue weighted by Gasteiger charge is 2.16. The molecule has 1 N–H and O–H groups in total. The van der Waals surface area contributed by atoms with E-state index < -0.39 is 0 Å². The molecule has 4 nitrogen and oxygen atoms in total. The summed E-state index contributed by atoms with van der Waals surface area (Å²) in [6.45, 7) is 5.44. The maximum atomic E-state index is 12.1. The van der Waals surface area contributed by atoms with Gasteiger partial charge in [0.1, 0.15) is 0 Å². The van der Waals surface area contributed by atoms with Crippen molar-refractivity contribution in [1.29, 1.82) is 0 Å². The average molecular weight is 325 g/mol. The van der Waals surface area contributed by atoms with Crippen LogP contribution in [0.2, 0.25) is 0 Å². The normalized spacial score (nSPS) is 14.9. The third-order valence-electron chi connectivity index (χ3n) is 3.94. The summed E-state index contributed by atoms with van der Waals surface area (Å²) in [4.78, 5) is 26.1. The van der Waals surface area contributed by atoms with Crippen molar-refractivity contribution in [2.75, 3.05) is 26.2 Å². The van der Waals surface area contributed by atoms with Crippen LogP contribution in [0.4, 0.5) is 0 Å². The van der Waals surface area contributed by atoms with Gasteiger partial charge in [0.15, 0.2) is 5.78 Å². The second kappa shape index (κ2) is 9.59. The minimum absolute atomic E-state index is 0. The van der Waals surface area contributed by atoms with E-state index in [9.17, 15) is 9.59 Å². The van der Waals surface area contributed by atoms with Crippen LogP contribution in [0.1, 0.15) is 42.1 Å². The van der Waals surface area contributed by atoms with Crippen molar-refractivity contribution in [2.45, 2.75) is 32.6 Å². The van der Waals surface area contributed by atoms with Gasteiger partial charge in [-0.2, -0.15) is 0 Å². The Morgan fingerprint density at radius 3 is 2.50 bits per heavy atom. The van der Waals surface area contributed by atoms with E-state index in [4.69, 9.17) is 0 Å². The van der Waals surface area contributed by atoms with E-state index in [1.54, 1.807) is 0 Å². The number of aryl methyl sites for hydroxylation is 1. The van der Waals surface area contributed by atoms with Gasteiger partial charge in [-0.3, -0.25) is 9.59 Å². The summed E-state index contributed by atoms with van der Waals surface area (Å²) in [6.07, 6.45) is 2.57. The summed E-state index contributed by atoms with van der Waals surface area (Å²) in [5.41, 5.74) is 1.93. The van der Waals surface area contributed by atoms with E-state index in [0.29, 0.717) is 18.4 Å². The lowest BCUT2D eigenvalue weighted by atomic mass is 10.0. The van der Waals surface area contributed by atoms with Crippen molar-refractivity contribution in [3.8, 4) is 0 Å². The molecule has 0 atom stereocenters. The van der Waals surface area contributed by atoms with E-state index in [2.05, 4.69) is 12.2 Å². The number of halogens is 1. The van der Waals surface area contributed by atoms with E-state index >= 15 is 0 Å². The number of carbonyl (C=O) groups is 2. The molecule has 122 valence electrons. The van der Waals surface area contributed by atoms with Crippen molar-refractivity contribution in [3.05, 3.63) is 35.4 Å². The van der Waals surface area contributed by atoms with Gasteiger partial charge in [-0.05, 0) is 24.9 Å². The number of rotatable bonds is 5. The number of hydrogen-bond donors (Lipinski definition) is 1. The van der Waals surface area contributed by atoms with Gasteiger partial charge in [0.25, 0.3) is 0 Å². The van der Waals surface area contributed by atoms with Crippen molar-refractivity contribution >= 4 is 24.1 Å². The van der Waals surface area contributed by atoms with Crippen LogP contribution < -0.4 is 5.32 Å². The highest BCUT2D eigenvalue weighted by molar-refractivity contribution is 5.98. The number of ketones is 1. The first-order chi connectivity index (χ1) is 10.2. The summed E-state index contributed by atoms with van der Waals surface area (Å²) in [7, 11) is 0. The van der Waals surface area contributed by atoms with Gasteiger partial charge in [-0.15, -0.1) is 12.4 Å².